The van der Waals surface area contributed by atoms with Crippen LogP contribution in [0, 0.1) is 12.8 Å². The van der Waals surface area contributed by atoms with Crippen LogP contribution in [-0.4, -0.2) is 19.6 Å². The summed E-state index contributed by atoms with van der Waals surface area (Å²) in [6.45, 7) is 7.24. The van der Waals surface area contributed by atoms with Gasteiger partial charge < -0.3 is 9.52 Å². The third kappa shape index (κ3) is 3.81. The van der Waals surface area contributed by atoms with E-state index in [1.54, 1.807) is 6.92 Å². The Hall–Kier alpha value is -0.850. The van der Waals surface area contributed by atoms with Gasteiger partial charge in [0.25, 0.3) is 0 Å². The smallest absolute Gasteiger partial charge is 0.244 e. The molecule has 5 nitrogen and oxygen atoms in total. The summed E-state index contributed by atoms with van der Waals surface area (Å²) in [5.74, 6) is 0.862. The Morgan fingerprint density at radius 2 is 1.95 bits per heavy atom. The molecule has 2 N–H and O–H groups in total. The first-order chi connectivity index (χ1) is 8.85. The molecule has 1 rings (SSSR count). The third-order valence-corrected chi connectivity index (χ3v) is 5.13. The van der Waals surface area contributed by atoms with Crippen molar-refractivity contribution >= 4 is 10.0 Å². The van der Waals surface area contributed by atoms with Gasteiger partial charge in [0, 0.05) is 12.1 Å². The molecule has 1 aromatic heterocycles. The number of aliphatic hydroxyl groups is 1. The molecule has 1 unspecified atom stereocenters. The lowest BCUT2D eigenvalue weighted by Crippen LogP contribution is -2.37. The van der Waals surface area contributed by atoms with E-state index >= 15 is 0 Å². The number of hydrogen-bond acceptors (Lipinski definition) is 4. The maximum atomic E-state index is 12.3. The Balaban J connectivity index is 2.94. The summed E-state index contributed by atoms with van der Waals surface area (Å²) < 4.78 is 32.4. The van der Waals surface area contributed by atoms with Gasteiger partial charge in [-0.05, 0) is 19.8 Å². The van der Waals surface area contributed by atoms with Crippen molar-refractivity contribution < 1.29 is 17.9 Å². The van der Waals surface area contributed by atoms with E-state index in [0.29, 0.717) is 11.7 Å². The summed E-state index contributed by atoms with van der Waals surface area (Å²) >= 11 is 0. The van der Waals surface area contributed by atoms with Crippen LogP contribution >= 0.6 is 0 Å². The topological polar surface area (TPSA) is 79.5 Å². The SMILES string of the molecule is CCC(CC)C(C)NS(=O)(=O)c1cc(CO)oc1C. The average molecular weight is 289 g/mol. The maximum Gasteiger partial charge on any atom is 0.244 e. The summed E-state index contributed by atoms with van der Waals surface area (Å²) in [5.41, 5.74) is 0. The zero-order valence-corrected chi connectivity index (χ0v) is 12.8. The molecule has 1 heterocycles. The van der Waals surface area contributed by atoms with Crippen molar-refractivity contribution in [2.75, 3.05) is 0 Å². The minimum Gasteiger partial charge on any atom is -0.462 e. The summed E-state index contributed by atoms with van der Waals surface area (Å²) in [4.78, 5) is 0.106. The number of aryl methyl sites for hydroxylation is 1. The van der Waals surface area contributed by atoms with Crippen LogP contribution < -0.4 is 4.72 Å². The fraction of sp³-hybridized carbons (Fsp3) is 0.692. The summed E-state index contributed by atoms with van der Waals surface area (Å²) in [5, 5.41) is 8.98. The normalized spacial score (nSPS) is 14.0. The molecule has 1 atom stereocenters. The van der Waals surface area contributed by atoms with E-state index in [2.05, 4.69) is 4.72 Å². The van der Waals surface area contributed by atoms with E-state index in [1.807, 2.05) is 20.8 Å². The monoisotopic (exact) mass is 289 g/mol. The molecule has 0 saturated carbocycles. The van der Waals surface area contributed by atoms with E-state index in [1.165, 1.54) is 6.07 Å². The lowest BCUT2D eigenvalue weighted by molar-refractivity contribution is 0.244. The zero-order chi connectivity index (χ0) is 14.6. The average Bonchev–Trinajstić information content (AvgIpc) is 2.72. The van der Waals surface area contributed by atoms with Gasteiger partial charge in [0.15, 0.2) is 0 Å². The second kappa shape index (κ2) is 6.54. The number of rotatable bonds is 7. The van der Waals surface area contributed by atoms with Crippen LogP contribution in [0.25, 0.3) is 0 Å². The fourth-order valence-corrected chi connectivity index (χ4v) is 3.78. The van der Waals surface area contributed by atoms with Crippen LogP contribution in [-0.2, 0) is 16.6 Å². The predicted octanol–water partition coefficient (Wildman–Crippen LogP) is 2.18. The van der Waals surface area contributed by atoms with Gasteiger partial charge >= 0.3 is 0 Å². The van der Waals surface area contributed by atoms with E-state index in [0.717, 1.165) is 12.8 Å². The summed E-state index contributed by atoms with van der Waals surface area (Å²) in [6.07, 6.45) is 1.85. The van der Waals surface area contributed by atoms with E-state index in [4.69, 9.17) is 9.52 Å². The highest BCUT2D eigenvalue weighted by Crippen LogP contribution is 2.22. The third-order valence-electron chi connectivity index (χ3n) is 3.47. The number of aliphatic hydroxyl groups excluding tert-OH is 1. The summed E-state index contributed by atoms with van der Waals surface area (Å²) in [7, 11) is -3.60. The molecule has 19 heavy (non-hydrogen) atoms. The molecule has 0 aliphatic rings. The van der Waals surface area contributed by atoms with Gasteiger partial charge in [0.05, 0.1) is 0 Å². The molecule has 0 saturated heterocycles. The first-order valence-corrected chi connectivity index (χ1v) is 8.06. The minimum atomic E-state index is -3.60. The van der Waals surface area contributed by atoms with Gasteiger partial charge in [-0.1, -0.05) is 26.7 Å². The molecule has 0 radical (unpaired) electrons. The molecule has 0 bridgehead atoms. The van der Waals surface area contributed by atoms with Crippen molar-refractivity contribution in [3.8, 4) is 0 Å². The van der Waals surface area contributed by atoms with Crippen LogP contribution in [0.5, 0.6) is 0 Å². The van der Waals surface area contributed by atoms with Gasteiger partial charge in [0.1, 0.15) is 23.0 Å². The van der Waals surface area contributed by atoms with Crippen molar-refractivity contribution in [3.63, 3.8) is 0 Å². The number of nitrogens with one attached hydrogen (secondary N) is 1. The molecule has 0 spiro atoms. The lowest BCUT2D eigenvalue weighted by atomic mass is 9.96. The molecular formula is C13H23NO4S. The van der Waals surface area contributed by atoms with Gasteiger partial charge in [0.2, 0.25) is 10.0 Å². The molecule has 1 aromatic rings. The van der Waals surface area contributed by atoms with Gasteiger partial charge in [-0.15, -0.1) is 0 Å². The molecule has 6 heteroatoms. The molecule has 0 aromatic carbocycles. The largest absolute Gasteiger partial charge is 0.462 e. The first-order valence-electron chi connectivity index (χ1n) is 6.58. The quantitative estimate of drug-likeness (QED) is 0.806. The first kappa shape index (κ1) is 16.2. The van der Waals surface area contributed by atoms with Crippen LogP contribution in [0.1, 0.15) is 45.1 Å². The Kier molecular flexibility index (Phi) is 5.58. The van der Waals surface area contributed by atoms with Crippen molar-refractivity contribution in [1.29, 1.82) is 0 Å². The van der Waals surface area contributed by atoms with Crippen molar-refractivity contribution in [2.45, 2.75) is 58.1 Å². The summed E-state index contributed by atoms with van der Waals surface area (Å²) in [6, 6.07) is 1.24. The highest BCUT2D eigenvalue weighted by atomic mass is 32.2. The Labute approximate surface area is 115 Å². The molecule has 110 valence electrons. The van der Waals surface area contributed by atoms with Crippen LogP contribution in [0.3, 0.4) is 0 Å². The van der Waals surface area contributed by atoms with Gasteiger partial charge in [-0.3, -0.25) is 0 Å². The molecule has 0 fully saturated rings. The molecule has 0 aliphatic carbocycles. The van der Waals surface area contributed by atoms with E-state index in [-0.39, 0.29) is 23.3 Å². The highest BCUT2D eigenvalue weighted by molar-refractivity contribution is 7.89. The predicted molar refractivity (Wildman–Crippen MR) is 73.2 cm³/mol. The number of hydrogen-bond donors (Lipinski definition) is 2. The van der Waals surface area contributed by atoms with Gasteiger partial charge in [-0.25, -0.2) is 13.1 Å². The van der Waals surface area contributed by atoms with Crippen LogP contribution in [0.15, 0.2) is 15.4 Å². The Morgan fingerprint density at radius 3 is 2.37 bits per heavy atom. The fourth-order valence-electron chi connectivity index (χ4n) is 2.27. The van der Waals surface area contributed by atoms with Gasteiger partial charge in [-0.2, -0.15) is 0 Å². The second-order valence-electron chi connectivity index (χ2n) is 4.78. The maximum absolute atomic E-state index is 12.3. The second-order valence-corrected chi connectivity index (χ2v) is 6.46. The minimum absolute atomic E-state index is 0.106. The lowest BCUT2D eigenvalue weighted by Gasteiger charge is -2.22. The Bertz CT molecular complexity index is 503. The molecule has 0 aliphatic heterocycles. The molecule has 0 amide bonds. The number of sulfonamides is 1. The zero-order valence-electron chi connectivity index (χ0n) is 11.9. The van der Waals surface area contributed by atoms with Crippen molar-refractivity contribution in [2.24, 2.45) is 5.92 Å². The van der Waals surface area contributed by atoms with Crippen LogP contribution in [0.4, 0.5) is 0 Å². The standard InChI is InChI=1S/C13H23NO4S/c1-5-11(6-2)9(3)14-19(16,17)13-7-12(8-15)18-10(13)4/h7,9,11,14-15H,5-6,8H2,1-4H3. The van der Waals surface area contributed by atoms with Crippen molar-refractivity contribution in [3.05, 3.63) is 17.6 Å². The van der Waals surface area contributed by atoms with Crippen molar-refractivity contribution in [1.82, 2.24) is 4.72 Å². The molecular weight excluding hydrogens is 266 g/mol. The Morgan fingerprint density at radius 1 is 1.37 bits per heavy atom. The highest BCUT2D eigenvalue weighted by Gasteiger charge is 2.25. The van der Waals surface area contributed by atoms with Crippen LogP contribution in [0.2, 0.25) is 0 Å². The van der Waals surface area contributed by atoms with E-state index < -0.39 is 10.0 Å². The van der Waals surface area contributed by atoms with E-state index in [9.17, 15) is 8.42 Å². The number of furan rings is 1.